The van der Waals surface area contributed by atoms with E-state index >= 15 is 0 Å². The molecule has 1 aliphatic rings. The van der Waals surface area contributed by atoms with Crippen molar-refractivity contribution in [1.82, 2.24) is 15.2 Å². The quantitative estimate of drug-likeness (QED) is 0.862. The van der Waals surface area contributed by atoms with Crippen LogP contribution in [0.1, 0.15) is 32.3 Å². The summed E-state index contributed by atoms with van der Waals surface area (Å²) in [6, 6.07) is 10.5. The van der Waals surface area contributed by atoms with Crippen LogP contribution in [0, 0.1) is 5.92 Å². The van der Waals surface area contributed by atoms with E-state index in [0.717, 1.165) is 23.0 Å². The highest BCUT2D eigenvalue weighted by Gasteiger charge is 2.24. The van der Waals surface area contributed by atoms with Crippen LogP contribution in [-0.2, 0) is 6.54 Å². The van der Waals surface area contributed by atoms with Gasteiger partial charge >= 0.3 is 0 Å². The van der Waals surface area contributed by atoms with Gasteiger partial charge in [0.15, 0.2) is 0 Å². The number of hydrogen-bond donors (Lipinski definition) is 2. The highest BCUT2D eigenvalue weighted by Crippen LogP contribution is 2.17. The Morgan fingerprint density at radius 3 is 2.70 bits per heavy atom. The highest BCUT2D eigenvalue weighted by atomic mass is 16.1. The highest BCUT2D eigenvalue weighted by molar-refractivity contribution is 5.78. The summed E-state index contributed by atoms with van der Waals surface area (Å²) in [5.41, 5.74) is 1.73. The number of benzene rings is 1. The van der Waals surface area contributed by atoms with Gasteiger partial charge in [-0.1, -0.05) is 32.0 Å². The van der Waals surface area contributed by atoms with Crippen molar-refractivity contribution in [3.63, 3.8) is 0 Å². The lowest BCUT2D eigenvalue weighted by molar-refractivity contribution is 0.186. The normalized spacial score (nSPS) is 17.2. The van der Waals surface area contributed by atoms with Crippen molar-refractivity contribution in [2.75, 3.05) is 19.6 Å². The largest absolute Gasteiger partial charge is 0.322 e. The van der Waals surface area contributed by atoms with Crippen molar-refractivity contribution in [3.05, 3.63) is 46.2 Å². The first kappa shape index (κ1) is 16.2. The molecule has 2 heterocycles. The predicted molar refractivity (Wildman–Crippen MR) is 95.7 cm³/mol. The molecular formula is C19H27N3O. The minimum atomic E-state index is 0.0125. The van der Waals surface area contributed by atoms with Gasteiger partial charge in [0, 0.05) is 30.2 Å². The van der Waals surface area contributed by atoms with Gasteiger partial charge in [0.2, 0.25) is 0 Å². The van der Waals surface area contributed by atoms with Crippen molar-refractivity contribution in [2.24, 2.45) is 5.92 Å². The van der Waals surface area contributed by atoms with Crippen molar-refractivity contribution in [1.29, 1.82) is 0 Å². The molecule has 0 spiro atoms. The van der Waals surface area contributed by atoms with E-state index in [1.54, 1.807) is 0 Å². The fraction of sp³-hybridized carbons (Fsp3) is 0.526. The first-order valence-electron chi connectivity index (χ1n) is 8.71. The SMILES string of the molecule is CC(C)C(CNCc1cc2ccccc2[nH]c1=O)N1CCCC1. The van der Waals surface area contributed by atoms with E-state index in [2.05, 4.69) is 29.0 Å². The Hall–Kier alpha value is -1.65. The molecule has 0 amide bonds. The van der Waals surface area contributed by atoms with Gasteiger partial charge in [-0.3, -0.25) is 9.69 Å². The summed E-state index contributed by atoms with van der Waals surface area (Å²) in [7, 11) is 0. The first-order chi connectivity index (χ1) is 11.1. The zero-order valence-corrected chi connectivity index (χ0v) is 14.1. The fourth-order valence-corrected chi connectivity index (χ4v) is 3.54. The molecular weight excluding hydrogens is 286 g/mol. The molecule has 2 N–H and O–H groups in total. The molecule has 124 valence electrons. The molecule has 0 aliphatic carbocycles. The maximum atomic E-state index is 12.2. The van der Waals surface area contributed by atoms with E-state index < -0.39 is 0 Å². The predicted octanol–water partition coefficient (Wildman–Crippen LogP) is 2.74. The third kappa shape index (κ3) is 3.82. The van der Waals surface area contributed by atoms with Crippen LogP contribution in [0.5, 0.6) is 0 Å². The van der Waals surface area contributed by atoms with Gasteiger partial charge in [-0.25, -0.2) is 0 Å². The Morgan fingerprint density at radius 2 is 1.96 bits per heavy atom. The number of fused-ring (bicyclic) bond motifs is 1. The Morgan fingerprint density at radius 1 is 1.22 bits per heavy atom. The number of nitrogens with zero attached hydrogens (tertiary/aromatic N) is 1. The lowest BCUT2D eigenvalue weighted by Gasteiger charge is -2.31. The monoisotopic (exact) mass is 313 g/mol. The van der Waals surface area contributed by atoms with E-state index in [-0.39, 0.29) is 5.56 Å². The lowest BCUT2D eigenvalue weighted by Crippen LogP contribution is -2.44. The Labute approximate surface area is 137 Å². The minimum absolute atomic E-state index is 0.0125. The summed E-state index contributed by atoms with van der Waals surface area (Å²) in [4.78, 5) is 17.7. The number of aromatic nitrogens is 1. The standard InChI is InChI=1S/C19H27N3O/c1-14(2)18(22-9-5-6-10-22)13-20-12-16-11-15-7-3-4-8-17(15)21-19(16)23/h3-4,7-8,11,14,18,20H,5-6,9-10,12-13H2,1-2H3,(H,21,23). The number of H-pyrrole nitrogens is 1. The second-order valence-corrected chi connectivity index (χ2v) is 6.90. The molecule has 0 bridgehead atoms. The zero-order valence-electron chi connectivity index (χ0n) is 14.1. The number of aromatic amines is 1. The second-order valence-electron chi connectivity index (χ2n) is 6.90. The van der Waals surface area contributed by atoms with Crippen LogP contribution in [0.4, 0.5) is 0 Å². The number of nitrogens with one attached hydrogen (secondary N) is 2. The van der Waals surface area contributed by atoms with Gasteiger partial charge in [0.25, 0.3) is 5.56 Å². The van der Waals surface area contributed by atoms with Gasteiger partial charge in [-0.15, -0.1) is 0 Å². The van der Waals surface area contributed by atoms with Crippen LogP contribution >= 0.6 is 0 Å². The van der Waals surface area contributed by atoms with E-state index in [1.165, 1.54) is 25.9 Å². The molecule has 23 heavy (non-hydrogen) atoms. The Kier molecular flexibility index (Phi) is 5.13. The smallest absolute Gasteiger partial charge is 0.252 e. The molecule has 1 aliphatic heterocycles. The van der Waals surface area contributed by atoms with Crippen LogP contribution < -0.4 is 10.9 Å². The zero-order chi connectivity index (χ0) is 16.2. The molecule has 4 nitrogen and oxygen atoms in total. The fourth-order valence-electron chi connectivity index (χ4n) is 3.54. The molecule has 1 aromatic carbocycles. The van der Waals surface area contributed by atoms with Gasteiger partial charge in [0.05, 0.1) is 0 Å². The summed E-state index contributed by atoms with van der Waals surface area (Å²) in [6.45, 7) is 8.55. The van der Waals surface area contributed by atoms with Crippen LogP contribution in [0.3, 0.4) is 0 Å². The maximum Gasteiger partial charge on any atom is 0.252 e. The molecule has 1 atom stereocenters. The topological polar surface area (TPSA) is 48.1 Å². The third-order valence-corrected chi connectivity index (χ3v) is 4.88. The summed E-state index contributed by atoms with van der Waals surface area (Å²) in [5.74, 6) is 0.621. The Bertz CT molecular complexity index is 701. The summed E-state index contributed by atoms with van der Waals surface area (Å²) < 4.78 is 0. The molecule has 2 aromatic rings. The van der Waals surface area contributed by atoms with Crippen LogP contribution in [0.15, 0.2) is 35.1 Å². The van der Waals surface area contributed by atoms with Gasteiger partial charge < -0.3 is 10.3 Å². The first-order valence-corrected chi connectivity index (χ1v) is 8.71. The van der Waals surface area contributed by atoms with Crippen LogP contribution in [-0.4, -0.2) is 35.6 Å². The van der Waals surface area contributed by atoms with Crippen molar-refractivity contribution in [2.45, 2.75) is 39.3 Å². The molecule has 1 fully saturated rings. The number of para-hydroxylation sites is 1. The molecule has 3 rings (SSSR count). The minimum Gasteiger partial charge on any atom is -0.322 e. The van der Waals surface area contributed by atoms with Crippen LogP contribution in [0.2, 0.25) is 0 Å². The molecule has 1 unspecified atom stereocenters. The average Bonchev–Trinajstić information content (AvgIpc) is 3.05. The molecule has 0 radical (unpaired) electrons. The summed E-state index contributed by atoms with van der Waals surface area (Å²) in [5, 5.41) is 4.59. The van der Waals surface area contributed by atoms with E-state index in [9.17, 15) is 4.79 Å². The number of rotatable bonds is 6. The van der Waals surface area contributed by atoms with Crippen molar-refractivity contribution >= 4 is 10.9 Å². The van der Waals surface area contributed by atoms with Gasteiger partial charge in [-0.2, -0.15) is 0 Å². The van der Waals surface area contributed by atoms with E-state index in [0.29, 0.717) is 18.5 Å². The average molecular weight is 313 g/mol. The molecule has 1 aromatic heterocycles. The molecule has 4 heteroatoms. The molecule has 1 saturated heterocycles. The number of hydrogen-bond acceptors (Lipinski definition) is 3. The molecule has 0 saturated carbocycles. The lowest BCUT2D eigenvalue weighted by atomic mass is 10.0. The summed E-state index contributed by atoms with van der Waals surface area (Å²) in [6.07, 6.45) is 2.63. The Balaban J connectivity index is 1.65. The van der Waals surface area contributed by atoms with Crippen molar-refractivity contribution in [3.8, 4) is 0 Å². The van der Waals surface area contributed by atoms with Crippen LogP contribution in [0.25, 0.3) is 10.9 Å². The van der Waals surface area contributed by atoms with Gasteiger partial charge in [-0.05, 0) is 49.4 Å². The second kappa shape index (κ2) is 7.28. The van der Waals surface area contributed by atoms with Crippen molar-refractivity contribution < 1.29 is 0 Å². The third-order valence-electron chi connectivity index (χ3n) is 4.88. The van der Waals surface area contributed by atoms with Gasteiger partial charge in [0.1, 0.15) is 0 Å². The summed E-state index contributed by atoms with van der Waals surface area (Å²) >= 11 is 0. The maximum absolute atomic E-state index is 12.2. The van der Waals surface area contributed by atoms with E-state index in [4.69, 9.17) is 0 Å². The number of likely N-dealkylation sites (tertiary alicyclic amines) is 1. The van der Waals surface area contributed by atoms with E-state index in [1.807, 2.05) is 30.3 Å². The number of pyridine rings is 1.